The van der Waals surface area contributed by atoms with Gasteiger partial charge in [0.2, 0.25) is 0 Å². The van der Waals surface area contributed by atoms with Gasteiger partial charge in [-0.25, -0.2) is 4.98 Å². The number of nitrogens with zero attached hydrogens (tertiary/aromatic N) is 1. The van der Waals surface area contributed by atoms with Gasteiger partial charge >= 0.3 is 0 Å². The SMILES string of the molecule is CN[C@@H](C)COc1ccc(Cl)nc1.Cc1ccc(S(=O)(=O)O)cc1. The van der Waals surface area contributed by atoms with Crippen LogP contribution in [-0.4, -0.2) is 37.7 Å². The van der Waals surface area contributed by atoms with Gasteiger partial charge in [-0.1, -0.05) is 29.3 Å². The molecule has 2 aromatic rings. The molecule has 0 saturated heterocycles. The first-order chi connectivity index (χ1) is 11.2. The monoisotopic (exact) mass is 372 g/mol. The molecular formula is C16H21ClN2O4S. The third-order valence-electron chi connectivity index (χ3n) is 3.01. The van der Waals surface area contributed by atoms with Gasteiger partial charge in [0.15, 0.2) is 0 Å². The van der Waals surface area contributed by atoms with Gasteiger partial charge in [0, 0.05) is 6.04 Å². The molecule has 1 atom stereocenters. The lowest BCUT2D eigenvalue weighted by Crippen LogP contribution is -2.28. The first-order valence-corrected chi connectivity index (χ1v) is 9.00. The number of rotatable bonds is 5. The molecule has 0 spiro atoms. The van der Waals surface area contributed by atoms with Gasteiger partial charge in [-0.3, -0.25) is 4.55 Å². The molecule has 0 bridgehead atoms. The molecule has 0 aliphatic carbocycles. The molecule has 1 aromatic heterocycles. The molecule has 0 radical (unpaired) electrons. The van der Waals surface area contributed by atoms with Crippen LogP contribution in [0, 0.1) is 6.92 Å². The number of aromatic nitrogens is 1. The minimum Gasteiger partial charge on any atom is -0.490 e. The zero-order chi connectivity index (χ0) is 18.2. The van der Waals surface area contributed by atoms with Crippen LogP contribution in [0.3, 0.4) is 0 Å². The largest absolute Gasteiger partial charge is 0.490 e. The summed E-state index contributed by atoms with van der Waals surface area (Å²) in [5.74, 6) is 0.742. The van der Waals surface area contributed by atoms with E-state index in [1.54, 1.807) is 30.5 Å². The van der Waals surface area contributed by atoms with E-state index in [4.69, 9.17) is 20.9 Å². The molecule has 6 nitrogen and oxygen atoms in total. The number of hydrogen-bond donors (Lipinski definition) is 2. The highest BCUT2D eigenvalue weighted by Crippen LogP contribution is 2.12. The predicted octanol–water partition coefficient (Wildman–Crippen LogP) is 2.96. The van der Waals surface area contributed by atoms with Crippen molar-refractivity contribution in [1.29, 1.82) is 0 Å². The second-order valence-corrected chi connectivity index (χ2v) is 6.91. The molecule has 0 aliphatic rings. The molecule has 1 aromatic carbocycles. The molecule has 2 N–H and O–H groups in total. The molecule has 8 heteroatoms. The van der Waals surface area contributed by atoms with Crippen molar-refractivity contribution in [3.8, 4) is 5.75 Å². The smallest absolute Gasteiger partial charge is 0.294 e. The minimum atomic E-state index is -4.02. The zero-order valence-electron chi connectivity index (χ0n) is 13.7. The van der Waals surface area contributed by atoms with Crippen LogP contribution in [0.5, 0.6) is 5.75 Å². The fourth-order valence-electron chi connectivity index (χ4n) is 1.46. The van der Waals surface area contributed by atoms with E-state index in [1.807, 2.05) is 20.9 Å². The fourth-order valence-corrected chi connectivity index (χ4v) is 2.05. The topological polar surface area (TPSA) is 88.5 Å². The van der Waals surface area contributed by atoms with Crippen LogP contribution in [0.4, 0.5) is 0 Å². The lowest BCUT2D eigenvalue weighted by atomic mass is 10.2. The van der Waals surface area contributed by atoms with Gasteiger partial charge in [0.1, 0.15) is 17.5 Å². The molecular weight excluding hydrogens is 352 g/mol. The Kier molecular flexibility index (Phi) is 8.14. The molecule has 24 heavy (non-hydrogen) atoms. The maximum absolute atomic E-state index is 10.5. The van der Waals surface area contributed by atoms with Crippen molar-refractivity contribution in [2.75, 3.05) is 13.7 Å². The van der Waals surface area contributed by atoms with E-state index in [0.29, 0.717) is 17.8 Å². The van der Waals surface area contributed by atoms with E-state index in [2.05, 4.69) is 10.3 Å². The molecule has 2 rings (SSSR count). The van der Waals surface area contributed by atoms with Crippen LogP contribution >= 0.6 is 11.6 Å². The first-order valence-electron chi connectivity index (χ1n) is 7.18. The molecule has 0 saturated carbocycles. The van der Waals surface area contributed by atoms with E-state index >= 15 is 0 Å². The van der Waals surface area contributed by atoms with E-state index < -0.39 is 10.1 Å². The van der Waals surface area contributed by atoms with Crippen molar-refractivity contribution < 1.29 is 17.7 Å². The average molecular weight is 373 g/mol. The quantitative estimate of drug-likeness (QED) is 0.619. The summed E-state index contributed by atoms with van der Waals surface area (Å²) in [6.45, 7) is 4.51. The van der Waals surface area contributed by atoms with Gasteiger partial charge in [0.05, 0.1) is 11.1 Å². The first kappa shape index (κ1) is 20.4. The van der Waals surface area contributed by atoms with Crippen LogP contribution in [0.2, 0.25) is 5.15 Å². The number of halogens is 1. The zero-order valence-corrected chi connectivity index (χ0v) is 15.3. The number of benzene rings is 1. The van der Waals surface area contributed by atoms with Gasteiger partial charge in [0.25, 0.3) is 10.1 Å². The Bertz CT molecular complexity index is 719. The molecule has 0 fully saturated rings. The molecule has 132 valence electrons. The predicted molar refractivity (Wildman–Crippen MR) is 94.3 cm³/mol. The van der Waals surface area contributed by atoms with E-state index in [0.717, 1.165) is 11.3 Å². The summed E-state index contributed by atoms with van der Waals surface area (Å²) in [6.07, 6.45) is 1.62. The second kappa shape index (κ2) is 9.58. The second-order valence-electron chi connectivity index (χ2n) is 5.11. The van der Waals surface area contributed by atoms with Crippen molar-refractivity contribution in [3.63, 3.8) is 0 Å². The number of pyridine rings is 1. The summed E-state index contributed by atoms with van der Waals surface area (Å²) in [5, 5.41) is 3.56. The van der Waals surface area contributed by atoms with Crippen LogP contribution in [0.1, 0.15) is 12.5 Å². The normalized spacial score (nSPS) is 12.0. The number of aryl methyl sites for hydroxylation is 1. The van der Waals surface area contributed by atoms with Crippen molar-refractivity contribution >= 4 is 21.7 Å². The Labute approximate surface area is 147 Å². The average Bonchev–Trinajstić information content (AvgIpc) is 2.54. The minimum absolute atomic E-state index is 0.0666. The molecule has 1 heterocycles. The number of nitrogens with one attached hydrogen (secondary N) is 1. The van der Waals surface area contributed by atoms with Gasteiger partial charge in [-0.2, -0.15) is 8.42 Å². The Hall–Kier alpha value is -1.67. The Morgan fingerprint density at radius 3 is 2.33 bits per heavy atom. The Morgan fingerprint density at radius 1 is 1.25 bits per heavy atom. The Morgan fingerprint density at radius 2 is 1.88 bits per heavy atom. The fraction of sp³-hybridized carbons (Fsp3) is 0.312. The summed E-state index contributed by atoms with van der Waals surface area (Å²) in [4.78, 5) is 3.84. The summed E-state index contributed by atoms with van der Waals surface area (Å²) in [6, 6.07) is 9.83. The van der Waals surface area contributed by atoms with Crippen LogP contribution < -0.4 is 10.1 Å². The van der Waals surface area contributed by atoms with Crippen molar-refractivity contribution in [2.45, 2.75) is 24.8 Å². The van der Waals surface area contributed by atoms with Crippen LogP contribution in [0.25, 0.3) is 0 Å². The highest BCUT2D eigenvalue weighted by atomic mass is 35.5. The lowest BCUT2D eigenvalue weighted by Gasteiger charge is -2.11. The van der Waals surface area contributed by atoms with E-state index in [1.165, 1.54) is 12.1 Å². The lowest BCUT2D eigenvalue weighted by molar-refractivity contribution is 0.279. The van der Waals surface area contributed by atoms with Gasteiger partial charge in [-0.05, 0) is 45.2 Å². The van der Waals surface area contributed by atoms with Crippen LogP contribution in [-0.2, 0) is 10.1 Å². The maximum Gasteiger partial charge on any atom is 0.294 e. The summed E-state index contributed by atoms with van der Waals surface area (Å²) < 4.78 is 35.0. The summed E-state index contributed by atoms with van der Waals surface area (Å²) in [7, 11) is -2.12. The van der Waals surface area contributed by atoms with E-state index in [-0.39, 0.29) is 4.90 Å². The van der Waals surface area contributed by atoms with E-state index in [9.17, 15) is 8.42 Å². The van der Waals surface area contributed by atoms with Crippen molar-refractivity contribution in [2.24, 2.45) is 0 Å². The Balaban J connectivity index is 0.000000243. The molecule has 0 aliphatic heterocycles. The highest BCUT2D eigenvalue weighted by molar-refractivity contribution is 7.85. The molecule has 0 unspecified atom stereocenters. The summed E-state index contributed by atoms with van der Waals surface area (Å²) in [5.41, 5.74) is 0.956. The van der Waals surface area contributed by atoms with Crippen molar-refractivity contribution in [3.05, 3.63) is 53.3 Å². The highest BCUT2D eigenvalue weighted by Gasteiger charge is 2.06. The maximum atomic E-state index is 10.5. The summed E-state index contributed by atoms with van der Waals surface area (Å²) >= 11 is 5.62. The number of ether oxygens (including phenoxy) is 1. The van der Waals surface area contributed by atoms with Crippen LogP contribution in [0.15, 0.2) is 47.5 Å². The molecule has 0 amide bonds. The number of hydrogen-bond acceptors (Lipinski definition) is 5. The third kappa shape index (κ3) is 7.74. The van der Waals surface area contributed by atoms with Gasteiger partial charge < -0.3 is 10.1 Å². The van der Waals surface area contributed by atoms with Crippen molar-refractivity contribution in [1.82, 2.24) is 10.3 Å². The third-order valence-corrected chi connectivity index (χ3v) is 4.10. The van der Waals surface area contributed by atoms with Gasteiger partial charge in [-0.15, -0.1) is 0 Å². The number of likely N-dealkylation sites (N-methyl/N-ethyl adjacent to an activating group) is 1. The standard InChI is InChI=1S/C9H13ClN2O.C7H8O3S/c1-7(11-2)6-13-8-3-4-9(10)12-5-8;1-6-2-4-7(5-3-6)11(8,9)10/h3-5,7,11H,6H2,1-2H3;2-5H,1H3,(H,8,9,10)/t7-;/m0./s1.